The molecule has 0 heterocycles. The van der Waals surface area contributed by atoms with Crippen molar-refractivity contribution in [2.75, 3.05) is 13.1 Å². The molecule has 0 radical (unpaired) electrons. The highest BCUT2D eigenvalue weighted by atomic mass is 16.3. The Bertz CT molecular complexity index is 2160. The summed E-state index contributed by atoms with van der Waals surface area (Å²) in [5.74, 6) is 1.73. The van der Waals surface area contributed by atoms with E-state index in [1.54, 1.807) is 13.8 Å². The van der Waals surface area contributed by atoms with Crippen LogP contribution >= 0.6 is 0 Å². The first-order valence-electron chi connectivity index (χ1n) is 36.6. The maximum Gasteiger partial charge on any atom is 0.219 e. The van der Waals surface area contributed by atoms with Gasteiger partial charge in [0.05, 0.1) is 0 Å². The molecule has 4 aromatic carbocycles. The van der Waals surface area contributed by atoms with E-state index in [1.807, 2.05) is 24.3 Å². The number of rotatable bonds is 53. The number of phenols is 4. The highest BCUT2D eigenvalue weighted by molar-refractivity contribution is 5.74. The number of carbonyl (C=O) groups is 2. The maximum atomic E-state index is 13.8. The van der Waals surface area contributed by atoms with Gasteiger partial charge in [-0.3, -0.25) is 9.59 Å². The minimum atomic E-state index is 0.0298. The van der Waals surface area contributed by atoms with Crippen LogP contribution in [-0.4, -0.2) is 67.2 Å². The van der Waals surface area contributed by atoms with Crippen LogP contribution in [0.4, 0.5) is 0 Å². The van der Waals surface area contributed by atoms with Gasteiger partial charge in [-0.2, -0.15) is 0 Å². The van der Waals surface area contributed by atoms with E-state index in [1.165, 1.54) is 176 Å². The lowest BCUT2D eigenvalue weighted by atomic mass is 9.94. The van der Waals surface area contributed by atoms with Gasteiger partial charge >= 0.3 is 0 Å². The van der Waals surface area contributed by atoms with Crippen molar-refractivity contribution in [2.24, 2.45) is 0 Å². The fourth-order valence-electron chi connectivity index (χ4n) is 13.4. The van der Waals surface area contributed by atoms with Crippen LogP contribution in [0.5, 0.6) is 23.0 Å². The molecule has 8 nitrogen and oxygen atoms in total. The van der Waals surface area contributed by atoms with Crippen LogP contribution in [-0.2, 0) is 61.0 Å². The van der Waals surface area contributed by atoms with Gasteiger partial charge in [-0.15, -0.1) is 0 Å². The van der Waals surface area contributed by atoms with E-state index in [0.29, 0.717) is 36.1 Å². The van der Waals surface area contributed by atoms with Gasteiger partial charge in [0.15, 0.2) is 0 Å². The number of unbranched alkanes of at least 4 members (excludes halogenated alkanes) is 27. The Kier molecular flexibility index (Phi) is 40.3. The molecule has 0 aliphatic heterocycles. The maximum absolute atomic E-state index is 13.8. The fraction of sp³-hybridized carbons (Fsp3) is 0.675. The summed E-state index contributed by atoms with van der Waals surface area (Å²) in [7, 11) is 0. The van der Waals surface area contributed by atoms with Crippen molar-refractivity contribution < 1.29 is 30.0 Å². The molecule has 0 unspecified atom stereocenters. The Labute approximate surface area is 538 Å². The number of hydrogen-bond donors (Lipinski definition) is 4. The molecule has 0 aromatic heterocycles. The first-order valence-corrected chi connectivity index (χ1v) is 36.6. The zero-order valence-corrected chi connectivity index (χ0v) is 57.1. The number of aryl methyl sites for hydroxylation is 8. The van der Waals surface area contributed by atoms with Crippen molar-refractivity contribution in [2.45, 2.75) is 336 Å². The second kappa shape index (κ2) is 47.0. The molecule has 0 fully saturated rings. The standard InChI is InChI=1S/C80H128N2O6/c1-7-11-15-19-23-27-33-39-71-61-67(47-55-77(71)85)43-51-75(52-44-68-48-56-78(86)72(62-68)40-34-28-24-20-16-12-8-2)81(65(5)83)59-37-31-32-38-60-82(66(6)84)76(53-45-69-49-57-79(87)73(63-69)41-35-29-25-21-17-13-9-3)54-46-70-50-58-80(88)74(64-70)42-36-30-26-22-18-14-10-4/h47-50,55-58,61-64,75-76,85-88H,7-46,51-54,59-60H2,1-6H3. The van der Waals surface area contributed by atoms with Gasteiger partial charge < -0.3 is 30.2 Å². The molecule has 2 amide bonds. The average Bonchev–Trinajstić information content (AvgIpc) is 3.67. The van der Waals surface area contributed by atoms with Crippen LogP contribution < -0.4 is 0 Å². The molecule has 0 saturated carbocycles. The Morgan fingerprint density at radius 3 is 0.716 bits per heavy atom. The van der Waals surface area contributed by atoms with E-state index in [9.17, 15) is 30.0 Å². The third-order valence-corrected chi connectivity index (χ3v) is 19.1. The summed E-state index contributed by atoms with van der Waals surface area (Å²) in [4.78, 5) is 31.9. The minimum Gasteiger partial charge on any atom is -0.508 e. The number of aromatic hydroxyl groups is 4. The predicted molar refractivity (Wildman–Crippen MR) is 373 cm³/mol. The summed E-state index contributed by atoms with van der Waals surface area (Å²) in [5.41, 5.74) is 8.93. The molecule has 4 N–H and O–H groups in total. The molecule has 0 aliphatic carbocycles. The topological polar surface area (TPSA) is 122 Å². The summed E-state index contributed by atoms with van der Waals surface area (Å²) in [6.07, 6.45) is 48.4. The van der Waals surface area contributed by atoms with Gasteiger partial charge in [0.2, 0.25) is 11.8 Å². The van der Waals surface area contributed by atoms with Gasteiger partial charge in [-0.1, -0.05) is 243 Å². The predicted octanol–water partition coefficient (Wildman–Crippen LogP) is 21.5. The third kappa shape index (κ3) is 31.7. The molecular formula is C80H128N2O6. The summed E-state index contributed by atoms with van der Waals surface area (Å²) in [6, 6.07) is 24.6. The van der Waals surface area contributed by atoms with Crippen molar-refractivity contribution in [3.05, 3.63) is 117 Å². The van der Waals surface area contributed by atoms with Crippen molar-refractivity contribution >= 4 is 11.8 Å². The van der Waals surface area contributed by atoms with E-state index >= 15 is 0 Å². The number of phenolic OH excluding ortho intramolecular Hbond substituents is 4. The molecular weight excluding hydrogens is 1080 g/mol. The largest absolute Gasteiger partial charge is 0.508 e. The van der Waals surface area contributed by atoms with E-state index in [2.05, 4.69) is 86.0 Å². The average molecular weight is 1210 g/mol. The summed E-state index contributed by atoms with van der Waals surface area (Å²) in [5, 5.41) is 43.7. The normalized spacial score (nSPS) is 11.6. The van der Waals surface area contributed by atoms with Crippen molar-refractivity contribution in [1.82, 2.24) is 9.80 Å². The number of hydrogen-bond acceptors (Lipinski definition) is 6. The van der Waals surface area contributed by atoms with Crippen LogP contribution in [0.25, 0.3) is 0 Å². The zero-order chi connectivity index (χ0) is 63.4. The van der Waals surface area contributed by atoms with Gasteiger partial charge in [-0.05, 0) is 184 Å². The Morgan fingerprint density at radius 1 is 0.295 bits per heavy atom. The number of benzene rings is 4. The number of carbonyl (C=O) groups excluding carboxylic acids is 2. The van der Waals surface area contributed by atoms with E-state index in [0.717, 1.165) is 151 Å². The van der Waals surface area contributed by atoms with Gasteiger partial charge in [0.1, 0.15) is 23.0 Å². The Balaban J connectivity index is 1.45. The van der Waals surface area contributed by atoms with Crippen molar-refractivity contribution in [3.63, 3.8) is 0 Å². The van der Waals surface area contributed by atoms with Crippen molar-refractivity contribution in [3.8, 4) is 23.0 Å². The second-order valence-electron chi connectivity index (χ2n) is 26.6. The molecule has 0 bridgehead atoms. The number of amides is 2. The molecule has 4 rings (SSSR count). The van der Waals surface area contributed by atoms with Gasteiger partial charge in [0, 0.05) is 39.0 Å². The first-order chi connectivity index (χ1) is 42.9. The molecule has 0 aliphatic rings. The highest BCUT2D eigenvalue weighted by Crippen LogP contribution is 2.30. The minimum absolute atomic E-state index is 0.0298. The monoisotopic (exact) mass is 1210 g/mol. The molecule has 4 aromatic rings. The first kappa shape index (κ1) is 75.5. The van der Waals surface area contributed by atoms with Gasteiger partial charge in [0.25, 0.3) is 0 Å². The lowest BCUT2D eigenvalue weighted by Gasteiger charge is -2.32. The Morgan fingerprint density at radius 2 is 0.500 bits per heavy atom. The summed E-state index contributed by atoms with van der Waals surface area (Å²) >= 11 is 0. The lowest BCUT2D eigenvalue weighted by molar-refractivity contribution is -0.132. The summed E-state index contributed by atoms with van der Waals surface area (Å²) < 4.78 is 0. The van der Waals surface area contributed by atoms with E-state index in [4.69, 9.17) is 0 Å². The second-order valence-corrected chi connectivity index (χ2v) is 26.6. The SMILES string of the molecule is CCCCCCCCCc1cc(CCC(CCc2ccc(O)c(CCCCCCCCC)c2)N(CCCCCCN(C(C)=O)C(CCc2ccc(O)c(CCCCCCCCC)c2)CCc2ccc(O)c(CCCCCCCCC)c2)C(C)=O)ccc1O. The molecule has 0 saturated heterocycles. The smallest absolute Gasteiger partial charge is 0.219 e. The van der Waals surface area contributed by atoms with E-state index < -0.39 is 0 Å². The van der Waals surface area contributed by atoms with Crippen LogP contribution in [0, 0.1) is 0 Å². The summed E-state index contributed by atoms with van der Waals surface area (Å²) in [6.45, 7) is 13.8. The number of nitrogens with zero attached hydrogens (tertiary/aromatic N) is 2. The Hall–Kier alpha value is -4.98. The van der Waals surface area contributed by atoms with E-state index in [-0.39, 0.29) is 23.9 Å². The molecule has 8 heteroatoms. The molecule has 0 spiro atoms. The quantitative estimate of drug-likeness (QED) is 0.0327. The molecule has 0 atom stereocenters. The fourth-order valence-corrected chi connectivity index (χ4v) is 13.4. The zero-order valence-electron chi connectivity index (χ0n) is 57.1. The van der Waals surface area contributed by atoms with Crippen LogP contribution in [0.1, 0.15) is 317 Å². The van der Waals surface area contributed by atoms with Crippen LogP contribution in [0.3, 0.4) is 0 Å². The van der Waals surface area contributed by atoms with Crippen LogP contribution in [0.2, 0.25) is 0 Å². The van der Waals surface area contributed by atoms with Gasteiger partial charge in [-0.25, -0.2) is 0 Å². The molecule has 494 valence electrons. The molecule has 88 heavy (non-hydrogen) atoms. The van der Waals surface area contributed by atoms with Crippen LogP contribution in [0.15, 0.2) is 72.8 Å². The third-order valence-electron chi connectivity index (χ3n) is 19.1. The van der Waals surface area contributed by atoms with Crippen molar-refractivity contribution in [1.29, 1.82) is 0 Å². The highest BCUT2D eigenvalue weighted by Gasteiger charge is 2.24. The lowest BCUT2D eigenvalue weighted by Crippen LogP contribution is -2.40.